The zero-order chi connectivity index (χ0) is 17.6. The third-order valence-corrected chi connectivity index (χ3v) is 4.86. The summed E-state index contributed by atoms with van der Waals surface area (Å²) < 4.78 is 1.82. The van der Waals surface area contributed by atoms with E-state index in [-0.39, 0.29) is 11.2 Å². The van der Waals surface area contributed by atoms with Gasteiger partial charge in [-0.15, -0.1) is 10.2 Å². The molecule has 0 aliphatic carbocycles. The van der Waals surface area contributed by atoms with Crippen LogP contribution in [0.2, 0.25) is 5.02 Å². The summed E-state index contributed by atoms with van der Waals surface area (Å²) in [5, 5.41) is 12.0. The zero-order valence-electron chi connectivity index (χ0n) is 13.6. The molecule has 0 fully saturated rings. The molecule has 0 radical (unpaired) electrons. The average molecular weight is 373 g/mol. The normalized spacial score (nSPS) is 11.9. The number of nitrogens with zero attached hydrogens (tertiary/aromatic N) is 3. The van der Waals surface area contributed by atoms with Crippen molar-refractivity contribution in [3.63, 3.8) is 0 Å². The number of aromatic nitrogens is 3. The summed E-state index contributed by atoms with van der Waals surface area (Å²) in [5.41, 5.74) is 1.92. The Balaban J connectivity index is 1.64. The predicted molar refractivity (Wildman–Crippen MR) is 100.0 cm³/mol. The van der Waals surface area contributed by atoms with Crippen LogP contribution in [0.4, 0.5) is 0 Å². The first-order valence-corrected chi connectivity index (χ1v) is 9.03. The lowest BCUT2D eigenvalue weighted by Gasteiger charge is -2.12. The molecular weight excluding hydrogens is 356 g/mol. The van der Waals surface area contributed by atoms with Crippen LogP contribution < -0.4 is 5.32 Å². The second-order valence-electron chi connectivity index (χ2n) is 5.43. The molecule has 3 aromatic rings. The van der Waals surface area contributed by atoms with E-state index in [1.54, 1.807) is 6.33 Å². The van der Waals surface area contributed by atoms with Gasteiger partial charge in [-0.2, -0.15) is 0 Å². The van der Waals surface area contributed by atoms with Crippen molar-refractivity contribution in [2.24, 2.45) is 0 Å². The summed E-state index contributed by atoms with van der Waals surface area (Å²) in [6.45, 7) is 2.35. The first-order chi connectivity index (χ1) is 12.1. The Hall–Kier alpha value is -2.31. The Bertz CT molecular complexity index is 853. The van der Waals surface area contributed by atoms with E-state index in [0.29, 0.717) is 16.7 Å². The van der Waals surface area contributed by atoms with Crippen molar-refractivity contribution in [1.29, 1.82) is 0 Å². The Kier molecular flexibility index (Phi) is 5.73. The molecule has 0 aliphatic rings. The molecule has 3 rings (SSSR count). The molecule has 1 amide bonds. The van der Waals surface area contributed by atoms with E-state index in [2.05, 4.69) is 15.5 Å². The molecule has 1 atom stereocenters. The van der Waals surface area contributed by atoms with Crippen LogP contribution >= 0.6 is 23.4 Å². The fourth-order valence-corrected chi connectivity index (χ4v) is 3.30. The molecule has 25 heavy (non-hydrogen) atoms. The lowest BCUT2D eigenvalue weighted by molar-refractivity contribution is -0.120. The maximum Gasteiger partial charge on any atom is 0.233 e. The van der Waals surface area contributed by atoms with E-state index in [1.807, 2.05) is 66.1 Å². The summed E-state index contributed by atoms with van der Waals surface area (Å²) in [6, 6.07) is 17.2. The van der Waals surface area contributed by atoms with Crippen molar-refractivity contribution >= 4 is 29.3 Å². The lowest BCUT2D eigenvalue weighted by Crippen LogP contribution is -2.30. The number of nitrogens with one attached hydrogen (secondary N) is 1. The summed E-state index contributed by atoms with van der Waals surface area (Å²) in [4.78, 5) is 12.3. The second-order valence-corrected chi connectivity index (χ2v) is 7.17. The number of hydrogen-bond acceptors (Lipinski definition) is 4. The van der Waals surface area contributed by atoms with E-state index in [1.165, 1.54) is 11.8 Å². The van der Waals surface area contributed by atoms with Crippen LogP contribution in [0.3, 0.4) is 0 Å². The number of amides is 1. The molecule has 0 saturated carbocycles. The SMILES string of the molecule is CC(Sc1nncn1-c1cccc(Cl)c1)C(=O)NCc1ccccc1. The highest BCUT2D eigenvalue weighted by molar-refractivity contribution is 8.00. The molecule has 1 unspecified atom stereocenters. The Morgan fingerprint density at radius 1 is 1.24 bits per heavy atom. The summed E-state index contributed by atoms with van der Waals surface area (Å²) >= 11 is 7.40. The minimum absolute atomic E-state index is 0.0468. The molecule has 1 heterocycles. The van der Waals surface area contributed by atoms with Gasteiger partial charge in [0.15, 0.2) is 5.16 Å². The topological polar surface area (TPSA) is 59.8 Å². The van der Waals surface area contributed by atoms with Gasteiger partial charge in [0, 0.05) is 11.6 Å². The highest BCUT2D eigenvalue weighted by Gasteiger charge is 2.18. The zero-order valence-corrected chi connectivity index (χ0v) is 15.2. The first-order valence-electron chi connectivity index (χ1n) is 7.78. The number of halogens is 1. The van der Waals surface area contributed by atoms with Crippen molar-refractivity contribution in [2.45, 2.75) is 23.9 Å². The van der Waals surface area contributed by atoms with Gasteiger partial charge in [-0.1, -0.05) is 59.8 Å². The highest BCUT2D eigenvalue weighted by Crippen LogP contribution is 2.25. The number of carbonyl (C=O) groups excluding carboxylic acids is 1. The Morgan fingerprint density at radius 2 is 2.04 bits per heavy atom. The van der Waals surface area contributed by atoms with Crippen LogP contribution in [-0.2, 0) is 11.3 Å². The number of thioether (sulfide) groups is 1. The van der Waals surface area contributed by atoms with Gasteiger partial charge in [-0.05, 0) is 30.7 Å². The molecule has 7 heteroatoms. The number of carbonyl (C=O) groups is 1. The maximum atomic E-state index is 12.3. The van der Waals surface area contributed by atoms with Crippen LogP contribution in [-0.4, -0.2) is 25.9 Å². The van der Waals surface area contributed by atoms with Crippen molar-refractivity contribution in [2.75, 3.05) is 0 Å². The van der Waals surface area contributed by atoms with Gasteiger partial charge in [0.2, 0.25) is 5.91 Å². The molecule has 2 aromatic carbocycles. The monoisotopic (exact) mass is 372 g/mol. The summed E-state index contributed by atoms with van der Waals surface area (Å²) in [7, 11) is 0. The van der Waals surface area contributed by atoms with Gasteiger partial charge in [0.05, 0.1) is 10.9 Å². The molecule has 128 valence electrons. The number of benzene rings is 2. The minimum atomic E-state index is -0.300. The molecule has 0 bridgehead atoms. The van der Waals surface area contributed by atoms with Crippen molar-refractivity contribution in [3.05, 3.63) is 71.5 Å². The van der Waals surface area contributed by atoms with E-state index < -0.39 is 0 Å². The quantitative estimate of drug-likeness (QED) is 0.670. The van der Waals surface area contributed by atoms with Gasteiger partial charge in [-0.25, -0.2) is 0 Å². The van der Waals surface area contributed by atoms with Crippen molar-refractivity contribution in [3.8, 4) is 5.69 Å². The molecular formula is C18H17ClN4OS. The maximum absolute atomic E-state index is 12.3. The Morgan fingerprint density at radius 3 is 2.80 bits per heavy atom. The lowest BCUT2D eigenvalue weighted by atomic mass is 10.2. The van der Waals surface area contributed by atoms with Crippen LogP contribution in [0.15, 0.2) is 66.1 Å². The number of hydrogen-bond donors (Lipinski definition) is 1. The second kappa shape index (κ2) is 8.18. The molecule has 1 aromatic heterocycles. The van der Waals surface area contributed by atoms with E-state index in [4.69, 9.17) is 11.6 Å². The largest absolute Gasteiger partial charge is 0.351 e. The van der Waals surface area contributed by atoms with Gasteiger partial charge in [0.1, 0.15) is 6.33 Å². The van der Waals surface area contributed by atoms with Crippen molar-refractivity contribution < 1.29 is 4.79 Å². The average Bonchev–Trinajstić information content (AvgIpc) is 3.08. The first kappa shape index (κ1) is 17.5. The number of rotatable bonds is 6. The van der Waals surface area contributed by atoms with E-state index in [0.717, 1.165) is 11.3 Å². The van der Waals surface area contributed by atoms with Gasteiger partial charge < -0.3 is 5.32 Å². The summed E-state index contributed by atoms with van der Waals surface area (Å²) in [5.74, 6) is -0.0468. The molecule has 5 nitrogen and oxygen atoms in total. The third-order valence-electron chi connectivity index (χ3n) is 3.56. The minimum Gasteiger partial charge on any atom is -0.351 e. The molecule has 0 aliphatic heterocycles. The standard InChI is InChI=1S/C18H17ClN4OS/c1-13(17(24)20-11-14-6-3-2-4-7-14)25-18-22-21-12-23(18)16-9-5-8-15(19)10-16/h2-10,12-13H,11H2,1H3,(H,20,24). The molecule has 1 N–H and O–H groups in total. The highest BCUT2D eigenvalue weighted by atomic mass is 35.5. The van der Waals surface area contributed by atoms with E-state index in [9.17, 15) is 4.79 Å². The van der Waals surface area contributed by atoms with Crippen LogP contribution in [0.25, 0.3) is 5.69 Å². The fourth-order valence-electron chi connectivity index (χ4n) is 2.25. The van der Waals surface area contributed by atoms with Crippen LogP contribution in [0.1, 0.15) is 12.5 Å². The van der Waals surface area contributed by atoms with Gasteiger partial charge in [0.25, 0.3) is 0 Å². The Labute approximate surface area is 155 Å². The van der Waals surface area contributed by atoms with Gasteiger partial charge in [-0.3, -0.25) is 9.36 Å². The molecule has 0 saturated heterocycles. The van der Waals surface area contributed by atoms with E-state index >= 15 is 0 Å². The predicted octanol–water partition coefficient (Wildman–Crippen LogP) is 3.72. The van der Waals surface area contributed by atoms with Gasteiger partial charge >= 0.3 is 0 Å². The fraction of sp³-hybridized carbons (Fsp3) is 0.167. The van der Waals surface area contributed by atoms with Crippen LogP contribution in [0.5, 0.6) is 0 Å². The van der Waals surface area contributed by atoms with Crippen LogP contribution in [0, 0.1) is 0 Å². The third kappa shape index (κ3) is 4.61. The molecule has 0 spiro atoms. The van der Waals surface area contributed by atoms with Crippen molar-refractivity contribution in [1.82, 2.24) is 20.1 Å². The summed E-state index contributed by atoms with van der Waals surface area (Å²) in [6.07, 6.45) is 1.61. The smallest absolute Gasteiger partial charge is 0.233 e.